The van der Waals surface area contributed by atoms with E-state index in [1.165, 1.54) is 9.87 Å². The number of carbonyl (C=O) groups excluding carboxylic acids is 1. The highest BCUT2D eigenvalue weighted by Gasteiger charge is 2.27. The molecule has 174 valence electrons. The lowest BCUT2D eigenvalue weighted by atomic mass is 10.1. The molecule has 1 aliphatic heterocycles. The van der Waals surface area contributed by atoms with Crippen molar-refractivity contribution >= 4 is 15.9 Å². The number of ether oxygens (including phenoxy) is 2. The summed E-state index contributed by atoms with van der Waals surface area (Å²) in [6.07, 6.45) is 4.13. The molecule has 0 bridgehead atoms. The highest BCUT2D eigenvalue weighted by atomic mass is 32.2. The molecule has 1 amide bonds. The minimum atomic E-state index is -3.51. The summed E-state index contributed by atoms with van der Waals surface area (Å²) in [7, 11) is -0.313. The Hall–Kier alpha value is -2.58. The smallest absolute Gasteiger partial charge is 0.243 e. The Morgan fingerprint density at radius 1 is 1.03 bits per heavy atom. The zero-order chi connectivity index (χ0) is 23.0. The third-order valence-corrected chi connectivity index (χ3v) is 7.57. The van der Waals surface area contributed by atoms with E-state index < -0.39 is 10.0 Å². The number of nitrogens with zero attached hydrogens (tertiary/aromatic N) is 1. The lowest BCUT2D eigenvalue weighted by Gasteiger charge is -2.17. The number of nitrogens with one attached hydrogen (secondary N) is 1. The summed E-state index contributed by atoms with van der Waals surface area (Å²) in [6, 6.07) is 12.8. The molecule has 32 heavy (non-hydrogen) atoms. The van der Waals surface area contributed by atoms with Gasteiger partial charge in [0.1, 0.15) is 11.5 Å². The van der Waals surface area contributed by atoms with Crippen molar-refractivity contribution < 1.29 is 22.7 Å². The van der Waals surface area contributed by atoms with Crippen molar-refractivity contribution in [3.05, 3.63) is 53.6 Å². The first-order valence-corrected chi connectivity index (χ1v) is 12.4. The van der Waals surface area contributed by atoms with Gasteiger partial charge >= 0.3 is 0 Å². The number of benzene rings is 2. The molecule has 2 aromatic carbocycles. The second-order valence-corrected chi connectivity index (χ2v) is 9.83. The Morgan fingerprint density at radius 3 is 2.53 bits per heavy atom. The standard InChI is InChI=1S/C24H32N2O5S/c1-30-21-9-5-7-19(17-21)8-6-14-25-24(27)13-10-20-18-22(11-12-23(20)31-2)32(28,29)26-15-3-4-16-26/h5,7,9,11-12,17-18H,3-4,6,8,10,13-16H2,1-2H3,(H,25,27). The molecule has 2 aromatic rings. The summed E-state index contributed by atoms with van der Waals surface area (Å²) < 4.78 is 37.8. The number of hydrogen-bond donors (Lipinski definition) is 1. The topological polar surface area (TPSA) is 84.9 Å². The van der Waals surface area contributed by atoms with Crippen LogP contribution in [0, 0.1) is 0 Å². The Labute approximate surface area is 190 Å². The number of sulfonamides is 1. The van der Waals surface area contributed by atoms with Crippen LogP contribution in [-0.4, -0.2) is 52.5 Å². The minimum Gasteiger partial charge on any atom is -0.497 e. The maximum atomic E-state index is 12.9. The lowest BCUT2D eigenvalue weighted by Crippen LogP contribution is -2.28. The Kier molecular flexibility index (Phi) is 8.53. The zero-order valence-corrected chi connectivity index (χ0v) is 19.6. The third-order valence-electron chi connectivity index (χ3n) is 5.67. The van der Waals surface area contributed by atoms with Crippen LogP contribution in [0.1, 0.15) is 36.8 Å². The van der Waals surface area contributed by atoms with Gasteiger partial charge in [-0.2, -0.15) is 4.31 Å². The van der Waals surface area contributed by atoms with E-state index in [1.807, 2.05) is 24.3 Å². The summed E-state index contributed by atoms with van der Waals surface area (Å²) in [5.41, 5.74) is 1.89. The molecule has 0 saturated carbocycles. The van der Waals surface area contributed by atoms with Gasteiger partial charge in [-0.1, -0.05) is 12.1 Å². The van der Waals surface area contributed by atoms with Crippen molar-refractivity contribution in [3.63, 3.8) is 0 Å². The first-order chi connectivity index (χ1) is 15.4. The van der Waals surface area contributed by atoms with Crippen LogP contribution >= 0.6 is 0 Å². The molecule has 7 nitrogen and oxygen atoms in total. The van der Waals surface area contributed by atoms with Crippen LogP contribution in [-0.2, 0) is 27.7 Å². The summed E-state index contributed by atoms with van der Waals surface area (Å²) in [5, 5.41) is 2.94. The first kappa shape index (κ1) is 24.1. The Bertz CT molecular complexity index is 1020. The molecule has 0 atom stereocenters. The molecule has 0 unspecified atom stereocenters. The van der Waals surface area contributed by atoms with E-state index in [0.717, 1.165) is 37.0 Å². The Morgan fingerprint density at radius 2 is 1.81 bits per heavy atom. The van der Waals surface area contributed by atoms with E-state index in [4.69, 9.17) is 9.47 Å². The lowest BCUT2D eigenvalue weighted by molar-refractivity contribution is -0.121. The molecule has 1 heterocycles. The molecular weight excluding hydrogens is 428 g/mol. The number of aryl methyl sites for hydroxylation is 2. The molecule has 1 fully saturated rings. The maximum Gasteiger partial charge on any atom is 0.243 e. The average molecular weight is 461 g/mol. The van der Waals surface area contributed by atoms with Crippen LogP contribution in [0.15, 0.2) is 47.4 Å². The molecule has 1 saturated heterocycles. The number of hydrogen-bond acceptors (Lipinski definition) is 5. The highest BCUT2D eigenvalue weighted by molar-refractivity contribution is 7.89. The molecule has 0 aromatic heterocycles. The van der Waals surface area contributed by atoms with Gasteiger partial charge in [0.05, 0.1) is 19.1 Å². The van der Waals surface area contributed by atoms with Crippen molar-refractivity contribution in [1.29, 1.82) is 0 Å². The van der Waals surface area contributed by atoms with E-state index in [0.29, 0.717) is 31.8 Å². The van der Waals surface area contributed by atoms with Gasteiger partial charge in [0.15, 0.2) is 0 Å². The van der Waals surface area contributed by atoms with Crippen LogP contribution in [0.25, 0.3) is 0 Å². The molecule has 0 spiro atoms. The Balaban J connectivity index is 1.52. The fourth-order valence-corrected chi connectivity index (χ4v) is 5.44. The quantitative estimate of drug-likeness (QED) is 0.521. The van der Waals surface area contributed by atoms with Crippen molar-refractivity contribution in [2.75, 3.05) is 33.9 Å². The second kappa shape index (κ2) is 11.3. The third kappa shape index (κ3) is 6.23. The molecule has 1 N–H and O–H groups in total. The number of carbonyl (C=O) groups is 1. The number of rotatable bonds is 11. The van der Waals surface area contributed by atoms with Crippen LogP contribution in [0.3, 0.4) is 0 Å². The van der Waals surface area contributed by atoms with Crippen LogP contribution < -0.4 is 14.8 Å². The number of methoxy groups -OCH3 is 2. The van der Waals surface area contributed by atoms with Gasteiger partial charge in [0.2, 0.25) is 15.9 Å². The van der Waals surface area contributed by atoms with Crippen molar-refractivity contribution in [2.24, 2.45) is 0 Å². The van der Waals surface area contributed by atoms with Gasteiger partial charge in [-0.05, 0) is 73.6 Å². The van der Waals surface area contributed by atoms with Crippen molar-refractivity contribution in [2.45, 2.75) is 43.4 Å². The van der Waals surface area contributed by atoms with Gasteiger partial charge in [0, 0.05) is 26.1 Å². The van der Waals surface area contributed by atoms with E-state index in [9.17, 15) is 13.2 Å². The summed E-state index contributed by atoms with van der Waals surface area (Å²) >= 11 is 0. The normalized spacial score (nSPS) is 14.3. The summed E-state index contributed by atoms with van der Waals surface area (Å²) in [5.74, 6) is 1.36. The first-order valence-electron chi connectivity index (χ1n) is 11.0. The van der Waals surface area contributed by atoms with Gasteiger partial charge in [-0.15, -0.1) is 0 Å². The van der Waals surface area contributed by atoms with Crippen LogP contribution in [0.4, 0.5) is 0 Å². The zero-order valence-electron chi connectivity index (χ0n) is 18.8. The molecule has 3 rings (SSSR count). The monoisotopic (exact) mass is 460 g/mol. The average Bonchev–Trinajstić information content (AvgIpc) is 3.36. The highest BCUT2D eigenvalue weighted by Crippen LogP contribution is 2.27. The van der Waals surface area contributed by atoms with Gasteiger partial charge in [-0.3, -0.25) is 4.79 Å². The molecule has 0 radical (unpaired) electrons. The maximum absolute atomic E-state index is 12.9. The fourth-order valence-electron chi connectivity index (χ4n) is 3.87. The molecular formula is C24H32N2O5S. The number of amides is 1. The molecule has 0 aliphatic carbocycles. The second-order valence-electron chi connectivity index (χ2n) is 7.89. The van der Waals surface area contributed by atoms with E-state index in [2.05, 4.69) is 5.32 Å². The van der Waals surface area contributed by atoms with Crippen molar-refractivity contribution in [1.82, 2.24) is 9.62 Å². The van der Waals surface area contributed by atoms with Gasteiger partial charge in [0.25, 0.3) is 0 Å². The molecule has 1 aliphatic rings. The minimum absolute atomic E-state index is 0.0644. The van der Waals surface area contributed by atoms with Gasteiger partial charge in [-0.25, -0.2) is 8.42 Å². The predicted molar refractivity (Wildman–Crippen MR) is 124 cm³/mol. The van der Waals surface area contributed by atoms with E-state index >= 15 is 0 Å². The SMILES string of the molecule is COc1cccc(CCCNC(=O)CCc2cc(S(=O)(=O)N3CCCC3)ccc2OC)c1. The predicted octanol–water partition coefficient (Wildman–Crippen LogP) is 3.17. The largest absolute Gasteiger partial charge is 0.497 e. The van der Waals surface area contributed by atoms with Crippen molar-refractivity contribution in [3.8, 4) is 11.5 Å². The fraction of sp³-hybridized carbons (Fsp3) is 0.458. The van der Waals surface area contributed by atoms with Crippen LogP contribution in [0.2, 0.25) is 0 Å². The summed E-state index contributed by atoms with van der Waals surface area (Å²) in [6.45, 7) is 1.69. The van der Waals surface area contributed by atoms with Gasteiger partial charge < -0.3 is 14.8 Å². The van der Waals surface area contributed by atoms with E-state index in [1.54, 1.807) is 32.4 Å². The van der Waals surface area contributed by atoms with E-state index in [-0.39, 0.29) is 17.2 Å². The molecule has 8 heteroatoms. The van der Waals surface area contributed by atoms with Crippen LogP contribution in [0.5, 0.6) is 11.5 Å². The summed E-state index contributed by atoms with van der Waals surface area (Å²) in [4.78, 5) is 12.6.